The highest BCUT2D eigenvalue weighted by atomic mass is 16.1. The number of hydrogen-bond acceptors (Lipinski definition) is 8. The number of aromatic nitrogens is 3. The van der Waals surface area contributed by atoms with Crippen molar-refractivity contribution in [3.8, 4) is 0 Å². The van der Waals surface area contributed by atoms with E-state index >= 15 is 0 Å². The van der Waals surface area contributed by atoms with Crippen LogP contribution < -0.4 is 21.3 Å². The van der Waals surface area contributed by atoms with E-state index in [0.29, 0.717) is 29.3 Å². The number of nitrogens with two attached hydrogens (primary N) is 1. The molecule has 1 aliphatic heterocycles. The molecule has 0 aliphatic carbocycles. The molecule has 4 N–H and O–H groups in total. The fraction of sp³-hybridized carbons (Fsp3) is 0.429. The van der Waals surface area contributed by atoms with Crippen LogP contribution in [0.15, 0.2) is 42.5 Å². The Morgan fingerprint density at radius 3 is 2.54 bits per heavy atom. The Balaban J connectivity index is 1.52. The number of aryl methyl sites for hydroxylation is 2. The molecule has 1 fully saturated rings. The van der Waals surface area contributed by atoms with Gasteiger partial charge in [0.05, 0.1) is 0 Å². The Morgan fingerprint density at radius 1 is 1.11 bits per heavy atom. The summed E-state index contributed by atoms with van der Waals surface area (Å²) in [5.41, 5.74) is 10.2. The van der Waals surface area contributed by atoms with E-state index in [2.05, 4.69) is 70.5 Å². The Morgan fingerprint density at radius 2 is 1.84 bits per heavy atom. The molecule has 0 radical (unpaired) electrons. The SMILES string of the molecule is Cc1ccc(CN2CC[C@H](Nc3nc(Nc4cc(C(N)=O)ccc4C)nc(N(C)CC(C)C)n3)C2)cc1. The first-order chi connectivity index (χ1) is 17.7. The molecule has 37 heavy (non-hydrogen) atoms. The number of hydrogen-bond donors (Lipinski definition) is 3. The minimum atomic E-state index is -0.477. The zero-order valence-electron chi connectivity index (χ0n) is 22.5. The number of carbonyl (C=O) groups excluding carboxylic acids is 1. The molecule has 0 bridgehead atoms. The second-order valence-corrected chi connectivity index (χ2v) is 10.4. The highest BCUT2D eigenvalue weighted by Crippen LogP contribution is 2.23. The molecular weight excluding hydrogens is 464 g/mol. The average Bonchev–Trinajstić information content (AvgIpc) is 3.27. The largest absolute Gasteiger partial charge is 0.366 e. The summed E-state index contributed by atoms with van der Waals surface area (Å²) in [5.74, 6) is 1.52. The van der Waals surface area contributed by atoms with E-state index in [1.165, 1.54) is 11.1 Å². The fourth-order valence-electron chi connectivity index (χ4n) is 4.54. The zero-order chi connectivity index (χ0) is 26.5. The predicted molar refractivity (Wildman–Crippen MR) is 149 cm³/mol. The third kappa shape index (κ3) is 7.16. The molecule has 0 saturated carbocycles. The lowest BCUT2D eigenvalue weighted by Crippen LogP contribution is -2.28. The molecule has 1 saturated heterocycles. The van der Waals surface area contributed by atoms with Gasteiger partial charge in [0.1, 0.15) is 0 Å². The molecule has 1 aromatic heterocycles. The van der Waals surface area contributed by atoms with E-state index in [-0.39, 0.29) is 6.04 Å². The lowest BCUT2D eigenvalue weighted by atomic mass is 10.1. The van der Waals surface area contributed by atoms with E-state index in [1.807, 2.05) is 24.9 Å². The molecule has 0 unspecified atom stereocenters. The second kappa shape index (κ2) is 11.6. The standard InChI is InChI=1S/C28H38N8O/c1-18(2)15-35(5)28-33-26(30-23-12-13-36(17-23)16-21-9-6-19(3)7-10-21)32-27(34-28)31-24-14-22(25(29)37)11-8-20(24)4/h6-11,14,18,23H,12-13,15-17H2,1-5H3,(H2,29,37)(H2,30,31,32,33,34)/t23-/m0/s1. The minimum Gasteiger partial charge on any atom is -0.366 e. The summed E-state index contributed by atoms with van der Waals surface area (Å²) in [7, 11) is 1.99. The number of likely N-dealkylation sites (tertiary alicyclic amines) is 1. The van der Waals surface area contributed by atoms with Gasteiger partial charge < -0.3 is 21.3 Å². The van der Waals surface area contributed by atoms with Crippen molar-refractivity contribution in [3.05, 3.63) is 64.7 Å². The fourth-order valence-corrected chi connectivity index (χ4v) is 4.54. The number of primary amides is 1. The first kappa shape index (κ1) is 26.3. The number of nitrogens with zero attached hydrogens (tertiary/aromatic N) is 5. The van der Waals surface area contributed by atoms with Crippen molar-refractivity contribution in [2.45, 2.75) is 46.7 Å². The molecular formula is C28H38N8O. The maximum atomic E-state index is 11.7. The first-order valence-corrected chi connectivity index (χ1v) is 12.9. The van der Waals surface area contributed by atoms with E-state index in [0.717, 1.165) is 43.9 Å². The number of benzene rings is 2. The van der Waals surface area contributed by atoms with Gasteiger partial charge in [-0.25, -0.2) is 0 Å². The van der Waals surface area contributed by atoms with Crippen molar-refractivity contribution >= 4 is 29.4 Å². The van der Waals surface area contributed by atoms with Crippen molar-refractivity contribution in [2.24, 2.45) is 11.7 Å². The molecule has 9 heteroatoms. The summed E-state index contributed by atoms with van der Waals surface area (Å²) in [6.45, 7) is 12.1. The normalized spacial score (nSPS) is 15.7. The van der Waals surface area contributed by atoms with Crippen molar-refractivity contribution in [1.82, 2.24) is 19.9 Å². The third-order valence-electron chi connectivity index (χ3n) is 6.50. The zero-order valence-corrected chi connectivity index (χ0v) is 22.5. The van der Waals surface area contributed by atoms with Gasteiger partial charge in [0.25, 0.3) is 0 Å². The summed E-state index contributed by atoms with van der Waals surface area (Å²) in [6, 6.07) is 14.3. The molecule has 1 amide bonds. The summed E-state index contributed by atoms with van der Waals surface area (Å²) in [6.07, 6.45) is 1.01. The topological polar surface area (TPSA) is 112 Å². The highest BCUT2D eigenvalue weighted by Gasteiger charge is 2.24. The molecule has 1 aliphatic rings. The molecule has 1 atom stereocenters. The second-order valence-electron chi connectivity index (χ2n) is 10.4. The van der Waals surface area contributed by atoms with Crippen LogP contribution in [0.1, 0.15) is 47.3 Å². The Hall–Kier alpha value is -3.72. The van der Waals surface area contributed by atoms with E-state index < -0.39 is 5.91 Å². The Kier molecular flexibility index (Phi) is 8.23. The number of carbonyl (C=O) groups is 1. The summed E-state index contributed by atoms with van der Waals surface area (Å²) >= 11 is 0. The van der Waals surface area contributed by atoms with E-state index in [1.54, 1.807) is 12.1 Å². The van der Waals surface area contributed by atoms with Gasteiger partial charge in [-0.3, -0.25) is 9.69 Å². The van der Waals surface area contributed by atoms with Gasteiger partial charge in [-0.05, 0) is 49.4 Å². The first-order valence-electron chi connectivity index (χ1n) is 12.9. The number of anilines is 4. The maximum absolute atomic E-state index is 11.7. The van der Waals surface area contributed by atoms with Crippen molar-refractivity contribution in [3.63, 3.8) is 0 Å². The smallest absolute Gasteiger partial charge is 0.248 e. The number of nitrogens with one attached hydrogen (secondary N) is 2. The van der Waals surface area contributed by atoms with E-state index in [9.17, 15) is 4.79 Å². The van der Waals surface area contributed by atoms with Crippen LogP contribution in [0.2, 0.25) is 0 Å². The minimum absolute atomic E-state index is 0.240. The van der Waals surface area contributed by atoms with Crippen LogP contribution in [0.25, 0.3) is 0 Å². The molecule has 196 valence electrons. The van der Waals surface area contributed by atoms with Crippen LogP contribution in [0.5, 0.6) is 0 Å². The van der Waals surface area contributed by atoms with Gasteiger partial charge in [-0.1, -0.05) is 49.7 Å². The third-order valence-corrected chi connectivity index (χ3v) is 6.50. The van der Waals surface area contributed by atoms with Crippen LogP contribution in [-0.2, 0) is 6.54 Å². The number of amides is 1. The van der Waals surface area contributed by atoms with Crippen molar-refractivity contribution in [1.29, 1.82) is 0 Å². The van der Waals surface area contributed by atoms with Crippen LogP contribution in [0.4, 0.5) is 23.5 Å². The number of rotatable bonds is 10. The van der Waals surface area contributed by atoms with E-state index in [4.69, 9.17) is 10.7 Å². The quantitative estimate of drug-likeness (QED) is 0.380. The lowest BCUT2D eigenvalue weighted by molar-refractivity contribution is 0.100. The van der Waals surface area contributed by atoms with Crippen molar-refractivity contribution < 1.29 is 4.79 Å². The van der Waals surface area contributed by atoms with Gasteiger partial charge in [0.15, 0.2) is 0 Å². The van der Waals surface area contributed by atoms with Crippen LogP contribution in [0.3, 0.4) is 0 Å². The van der Waals surface area contributed by atoms with Gasteiger partial charge in [0, 0.05) is 50.5 Å². The molecule has 9 nitrogen and oxygen atoms in total. The predicted octanol–water partition coefficient (Wildman–Crippen LogP) is 4.11. The summed E-state index contributed by atoms with van der Waals surface area (Å²) in [4.78, 5) is 30.3. The Bertz CT molecular complexity index is 1230. The van der Waals surface area contributed by atoms with Crippen LogP contribution in [0, 0.1) is 19.8 Å². The molecule has 2 heterocycles. The average molecular weight is 503 g/mol. The molecule has 3 aromatic rings. The van der Waals surface area contributed by atoms with Gasteiger partial charge in [0.2, 0.25) is 23.8 Å². The Labute approximate surface area is 219 Å². The van der Waals surface area contributed by atoms with Crippen molar-refractivity contribution in [2.75, 3.05) is 42.2 Å². The van der Waals surface area contributed by atoms with Gasteiger partial charge in [-0.2, -0.15) is 15.0 Å². The van der Waals surface area contributed by atoms with Crippen LogP contribution in [-0.4, -0.2) is 58.5 Å². The van der Waals surface area contributed by atoms with Crippen LogP contribution >= 0.6 is 0 Å². The summed E-state index contributed by atoms with van der Waals surface area (Å²) in [5, 5.41) is 6.82. The maximum Gasteiger partial charge on any atom is 0.248 e. The molecule has 0 spiro atoms. The molecule has 4 rings (SSSR count). The monoisotopic (exact) mass is 502 g/mol. The molecule has 2 aromatic carbocycles. The van der Waals surface area contributed by atoms with Gasteiger partial charge >= 0.3 is 0 Å². The highest BCUT2D eigenvalue weighted by molar-refractivity contribution is 5.94. The summed E-state index contributed by atoms with van der Waals surface area (Å²) < 4.78 is 0. The lowest BCUT2D eigenvalue weighted by Gasteiger charge is -2.22. The van der Waals surface area contributed by atoms with Gasteiger partial charge in [-0.15, -0.1) is 0 Å².